The van der Waals surface area contributed by atoms with E-state index in [-0.39, 0.29) is 17.7 Å². The molecule has 1 N–H and O–H groups in total. The van der Waals surface area contributed by atoms with E-state index in [1.165, 1.54) is 5.56 Å². The molecule has 1 saturated carbocycles. The van der Waals surface area contributed by atoms with Gasteiger partial charge in [0.05, 0.1) is 6.04 Å². The number of carbonyl (C=O) groups excluding carboxylic acids is 2. The van der Waals surface area contributed by atoms with Crippen LogP contribution in [0.4, 0.5) is 0 Å². The van der Waals surface area contributed by atoms with E-state index < -0.39 is 0 Å². The third-order valence-electron chi connectivity index (χ3n) is 3.37. The summed E-state index contributed by atoms with van der Waals surface area (Å²) in [5.74, 6) is 0.189. The normalized spacial score (nSPS) is 18.2. The van der Waals surface area contributed by atoms with Gasteiger partial charge in [-0.3, -0.25) is 9.59 Å². The Labute approximate surface area is 108 Å². The lowest BCUT2D eigenvalue weighted by molar-refractivity contribution is -0.132. The van der Waals surface area contributed by atoms with Crippen LogP contribution in [0.5, 0.6) is 0 Å². The molecule has 1 fully saturated rings. The summed E-state index contributed by atoms with van der Waals surface area (Å²) in [5, 5.41) is 2.78. The van der Waals surface area contributed by atoms with Crippen molar-refractivity contribution in [1.82, 2.24) is 5.32 Å². The molecule has 3 nitrogen and oxygen atoms in total. The first-order valence-electron chi connectivity index (χ1n) is 6.62. The van der Waals surface area contributed by atoms with Gasteiger partial charge in [-0.05, 0) is 31.2 Å². The summed E-state index contributed by atoms with van der Waals surface area (Å²) in [7, 11) is 0. The van der Waals surface area contributed by atoms with Gasteiger partial charge in [-0.25, -0.2) is 0 Å². The van der Waals surface area contributed by atoms with Gasteiger partial charge in [-0.1, -0.05) is 30.3 Å². The van der Waals surface area contributed by atoms with Crippen molar-refractivity contribution in [3.05, 3.63) is 35.9 Å². The van der Waals surface area contributed by atoms with Gasteiger partial charge in [0.25, 0.3) is 0 Å². The maximum atomic E-state index is 11.5. The Morgan fingerprint density at radius 1 is 1.22 bits per heavy atom. The van der Waals surface area contributed by atoms with E-state index in [4.69, 9.17) is 0 Å². The van der Waals surface area contributed by atoms with Crippen molar-refractivity contribution in [2.75, 3.05) is 0 Å². The van der Waals surface area contributed by atoms with Crippen molar-refractivity contribution >= 4 is 11.7 Å². The molecule has 1 amide bonds. The van der Waals surface area contributed by atoms with Gasteiger partial charge in [0.1, 0.15) is 0 Å². The molecular weight excluding hydrogens is 226 g/mol. The zero-order valence-electron chi connectivity index (χ0n) is 10.5. The highest BCUT2D eigenvalue weighted by molar-refractivity contribution is 5.93. The number of hydrogen-bond donors (Lipinski definition) is 1. The standard InChI is InChI=1S/C15H19NO2/c17-14-11-10-13(14)16-15(18)9-5-4-8-12-6-2-1-3-7-12/h1-3,6-7,13H,4-5,8-11H2,(H,16,18)/t13-/m0/s1. The van der Waals surface area contributed by atoms with Crippen molar-refractivity contribution in [3.63, 3.8) is 0 Å². The Balaban J connectivity index is 1.58. The van der Waals surface area contributed by atoms with Gasteiger partial charge in [-0.15, -0.1) is 0 Å². The van der Waals surface area contributed by atoms with Crippen LogP contribution in [0, 0.1) is 0 Å². The van der Waals surface area contributed by atoms with Crippen LogP contribution >= 0.6 is 0 Å². The molecule has 0 spiro atoms. The highest BCUT2D eigenvalue weighted by Crippen LogP contribution is 2.14. The SMILES string of the molecule is O=C(CCCCc1ccccc1)N[C@H]1CCC1=O. The molecule has 1 atom stereocenters. The molecule has 0 heterocycles. The number of hydrogen-bond acceptors (Lipinski definition) is 2. The van der Waals surface area contributed by atoms with Crippen LogP contribution in [-0.2, 0) is 16.0 Å². The second-order valence-corrected chi connectivity index (χ2v) is 4.82. The van der Waals surface area contributed by atoms with Crippen LogP contribution in [0.2, 0.25) is 0 Å². The summed E-state index contributed by atoms with van der Waals surface area (Å²) in [5.41, 5.74) is 1.31. The number of benzene rings is 1. The van der Waals surface area contributed by atoms with E-state index in [2.05, 4.69) is 17.4 Å². The Morgan fingerprint density at radius 3 is 2.61 bits per heavy atom. The van der Waals surface area contributed by atoms with Crippen LogP contribution in [0.1, 0.15) is 37.7 Å². The second-order valence-electron chi connectivity index (χ2n) is 4.82. The van der Waals surface area contributed by atoms with E-state index in [9.17, 15) is 9.59 Å². The number of Topliss-reactive ketones (excluding diaryl/α,β-unsaturated/α-hetero) is 1. The van der Waals surface area contributed by atoms with Crippen LogP contribution in [-0.4, -0.2) is 17.7 Å². The van der Waals surface area contributed by atoms with Crippen molar-refractivity contribution in [1.29, 1.82) is 0 Å². The van der Waals surface area contributed by atoms with Gasteiger partial charge < -0.3 is 5.32 Å². The summed E-state index contributed by atoms with van der Waals surface area (Å²) in [6.45, 7) is 0. The van der Waals surface area contributed by atoms with Crippen LogP contribution in [0.15, 0.2) is 30.3 Å². The fourth-order valence-electron chi connectivity index (χ4n) is 2.09. The summed E-state index contributed by atoms with van der Waals surface area (Å²) in [4.78, 5) is 22.6. The summed E-state index contributed by atoms with van der Waals surface area (Å²) < 4.78 is 0. The number of carbonyl (C=O) groups is 2. The zero-order chi connectivity index (χ0) is 12.8. The lowest BCUT2D eigenvalue weighted by Crippen LogP contribution is -2.47. The molecular formula is C15H19NO2. The Bertz CT molecular complexity index is 414. The molecule has 0 bridgehead atoms. The summed E-state index contributed by atoms with van der Waals surface area (Å²) in [6, 6.07) is 10.1. The number of unbranched alkanes of at least 4 members (excludes halogenated alkanes) is 1. The van der Waals surface area contributed by atoms with Crippen LogP contribution in [0.25, 0.3) is 0 Å². The number of ketones is 1. The first-order chi connectivity index (χ1) is 8.75. The van der Waals surface area contributed by atoms with Gasteiger partial charge in [-0.2, -0.15) is 0 Å². The molecule has 2 rings (SSSR count). The molecule has 96 valence electrons. The number of rotatable bonds is 6. The van der Waals surface area contributed by atoms with Gasteiger partial charge in [0, 0.05) is 12.8 Å². The largest absolute Gasteiger partial charge is 0.346 e. The molecule has 0 saturated heterocycles. The van der Waals surface area contributed by atoms with Gasteiger partial charge >= 0.3 is 0 Å². The first-order valence-corrected chi connectivity index (χ1v) is 6.62. The van der Waals surface area contributed by atoms with Crippen molar-refractivity contribution < 1.29 is 9.59 Å². The maximum Gasteiger partial charge on any atom is 0.220 e. The Hall–Kier alpha value is -1.64. The average molecular weight is 245 g/mol. The molecule has 18 heavy (non-hydrogen) atoms. The smallest absolute Gasteiger partial charge is 0.220 e. The Kier molecular flexibility index (Phi) is 4.51. The molecule has 1 aromatic rings. The molecule has 3 heteroatoms. The van der Waals surface area contributed by atoms with Crippen LogP contribution in [0.3, 0.4) is 0 Å². The Morgan fingerprint density at radius 2 is 2.00 bits per heavy atom. The molecule has 0 aliphatic heterocycles. The van der Waals surface area contributed by atoms with Crippen LogP contribution < -0.4 is 5.32 Å². The number of nitrogens with one attached hydrogen (secondary N) is 1. The van der Waals surface area contributed by atoms with E-state index in [1.54, 1.807) is 0 Å². The molecule has 0 unspecified atom stereocenters. The minimum Gasteiger partial charge on any atom is -0.346 e. The number of aryl methyl sites for hydroxylation is 1. The highest BCUT2D eigenvalue weighted by Gasteiger charge is 2.28. The molecule has 0 aromatic heterocycles. The third-order valence-corrected chi connectivity index (χ3v) is 3.37. The van der Waals surface area contributed by atoms with E-state index in [0.29, 0.717) is 12.8 Å². The fraction of sp³-hybridized carbons (Fsp3) is 0.467. The minimum atomic E-state index is -0.188. The molecule has 1 aromatic carbocycles. The van der Waals surface area contributed by atoms with Crippen molar-refractivity contribution in [3.8, 4) is 0 Å². The van der Waals surface area contributed by atoms with E-state index in [0.717, 1.165) is 25.7 Å². The lowest BCUT2D eigenvalue weighted by atomic mass is 9.91. The predicted molar refractivity (Wildman–Crippen MR) is 70.2 cm³/mol. The molecule has 0 radical (unpaired) electrons. The maximum absolute atomic E-state index is 11.5. The minimum absolute atomic E-state index is 0.0149. The quantitative estimate of drug-likeness (QED) is 0.781. The fourth-order valence-corrected chi connectivity index (χ4v) is 2.09. The van der Waals surface area contributed by atoms with E-state index >= 15 is 0 Å². The predicted octanol–water partition coefficient (Wildman–Crippen LogP) is 2.25. The van der Waals surface area contributed by atoms with Gasteiger partial charge in [0.2, 0.25) is 5.91 Å². The summed E-state index contributed by atoms with van der Waals surface area (Å²) >= 11 is 0. The first kappa shape index (κ1) is 12.8. The van der Waals surface area contributed by atoms with Crippen molar-refractivity contribution in [2.45, 2.75) is 44.6 Å². The lowest BCUT2D eigenvalue weighted by Gasteiger charge is -2.24. The molecule has 1 aliphatic carbocycles. The average Bonchev–Trinajstić information content (AvgIpc) is 2.40. The second kappa shape index (κ2) is 6.34. The number of amides is 1. The van der Waals surface area contributed by atoms with Gasteiger partial charge in [0.15, 0.2) is 5.78 Å². The molecule has 1 aliphatic rings. The third kappa shape index (κ3) is 3.69. The zero-order valence-corrected chi connectivity index (χ0v) is 10.5. The summed E-state index contributed by atoms with van der Waals surface area (Å²) in [6.07, 6.45) is 4.86. The highest BCUT2D eigenvalue weighted by atomic mass is 16.2. The topological polar surface area (TPSA) is 46.2 Å². The van der Waals surface area contributed by atoms with E-state index in [1.807, 2.05) is 18.2 Å². The van der Waals surface area contributed by atoms with Crippen molar-refractivity contribution in [2.24, 2.45) is 0 Å². The monoisotopic (exact) mass is 245 g/mol.